The first-order chi connectivity index (χ1) is 6.67. The fourth-order valence-corrected chi connectivity index (χ4v) is 1.54. The zero-order chi connectivity index (χ0) is 11.0. The largest absolute Gasteiger partial charge is 0.465 e. The maximum absolute atomic E-state index is 11.6. The molecule has 0 aromatic carbocycles. The fourth-order valence-electron chi connectivity index (χ4n) is 1.54. The summed E-state index contributed by atoms with van der Waals surface area (Å²) in [6.45, 7) is 7.47. The van der Waals surface area contributed by atoms with Gasteiger partial charge in [0.25, 0.3) is 0 Å². The van der Waals surface area contributed by atoms with E-state index in [1.54, 1.807) is 0 Å². The Morgan fingerprint density at radius 2 is 1.93 bits per heavy atom. The Balaban J connectivity index is 4.18. The van der Waals surface area contributed by atoms with Gasteiger partial charge in [0.05, 0.1) is 6.61 Å². The number of hydrogen-bond donors (Lipinski definition) is 0. The monoisotopic (exact) mass is 201 g/mol. The first-order valence-electron chi connectivity index (χ1n) is 5.54. The molecule has 0 saturated carbocycles. The van der Waals surface area contributed by atoms with E-state index in [0.717, 1.165) is 25.8 Å². The van der Waals surface area contributed by atoms with Crippen molar-refractivity contribution in [2.24, 2.45) is 0 Å². The maximum atomic E-state index is 11.6. The summed E-state index contributed by atoms with van der Waals surface area (Å²) in [7, 11) is 1.99. The van der Waals surface area contributed by atoms with Crippen molar-refractivity contribution in [3.8, 4) is 0 Å². The van der Waals surface area contributed by atoms with Crippen LogP contribution in [0.15, 0.2) is 0 Å². The molecule has 3 heteroatoms. The number of esters is 1. The first-order valence-corrected chi connectivity index (χ1v) is 5.54. The lowest BCUT2D eigenvalue weighted by molar-refractivity contribution is -0.149. The van der Waals surface area contributed by atoms with Crippen LogP contribution >= 0.6 is 0 Å². The van der Waals surface area contributed by atoms with Crippen molar-refractivity contribution in [1.82, 2.24) is 4.90 Å². The summed E-state index contributed by atoms with van der Waals surface area (Å²) < 4.78 is 5.04. The summed E-state index contributed by atoms with van der Waals surface area (Å²) in [6.07, 6.45) is 2.96. The molecule has 14 heavy (non-hydrogen) atoms. The number of carbonyl (C=O) groups excluding carboxylic acids is 1. The van der Waals surface area contributed by atoms with Crippen molar-refractivity contribution in [3.05, 3.63) is 0 Å². The summed E-state index contributed by atoms with van der Waals surface area (Å²) in [6, 6.07) is -0.0556. The highest BCUT2D eigenvalue weighted by Gasteiger charge is 2.22. The molecule has 84 valence electrons. The Hall–Kier alpha value is -0.570. The predicted molar refractivity (Wildman–Crippen MR) is 58.3 cm³/mol. The van der Waals surface area contributed by atoms with Crippen molar-refractivity contribution in [3.63, 3.8) is 0 Å². The van der Waals surface area contributed by atoms with Crippen LogP contribution in [0.1, 0.15) is 40.0 Å². The third kappa shape index (κ3) is 4.61. The van der Waals surface area contributed by atoms with Crippen molar-refractivity contribution < 1.29 is 9.53 Å². The van der Waals surface area contributed by atoms with Crippen LogP contribution in [0.2, 0.25) is 0 Å². The lowest BCUT2D eigenvalue weighted by Crippen LogP contribution is -2.40. The van der Waals surface area contributed by atoms with Crippen LogP contribution in [0.4, 0.5) is 0 Å². The van der Waals surface area contributed by atoms with Gasteiger partial charge in [-0.1, -0.05) is 20.3 Å². The van der Waals surface area contributed by atoms with Gasteiger partial charge in [0.15, 0.2) is 0 Å². The van der Waals surface area contributed by atoms with Gasteiger partial charge in [-0.05, 0) is 33.4 Å². The van der Waals surface area contributed by atoms with Crippen molar-refractivity contribution in [1.29, 1.82) is 0 Å². The number of likely N-dealkylation sites (N-methyl/N-ethyl adjacent to an activating group) is 1. The molecule has 0 N–H and O–H groups in total. The van der Waals surface area contributed by atoms with E-state index in [2.05, 4.69) is 18.7 Å². The summed E-state index contributed by atoms with van der Waals surface area (Å²) in [5, 5.41) is 0. The van der Waals surface area contributed by atoms with Crippen LogP contribution in [-0.2, 0) is 9.53 Å². The Kier molecular flexibility index (Phi) is 7.48. The molecule has 0 saturated heterocycles. The summed E-state index contributed by atoms with van der Waals surface area (Å²) >= 11 is 0. The number of carbonyl (C=O) groups is 1. The Bertz CT molecular complexity index is 159. The average molecular weight is 201 g/mol. The van der Waals surface area contributed by atoms with Crippen LogP contribution in [-0.4, -0.2) is 37.1 Å². The lowest BCUT2D eigenvalue weighted by Gasteiger charge is -2.25. The van der Waals surface area contributed by atoms with Crippen LogP contribution in [0, 0.1) is 0 Å². The molecule has 3 nitrogen and oxygen atoms in total. The van der Waals surface area contributed by atoms with Crippen molar-refractivity contribution in [2.75, 3.05) is 20.2 Å². The molecule has 0 bridgehead atoms. The van der Waals surface area contributed by atoms with E-state index in [9.17, 15) is 4.79 Å². The van der Waals surface area contributed by atoms with E-state index < -0.39 is 0 Å². The number of rotatable bonds is 7. The normalized spacial score (nSPS) is 12.9. The highest BCUT2D eigenvalue weighted by molar-refractivity contribution is 5.75. The highest BCUT2D eigenvalue weighted by Crippen LogP contribution is 2.07. The molecule has 0 aromatic heterocycles. The number of ether oxygens (including phenoxy) is 1. The van der Waals surface area contributed by atoms with Gasteiger partial charge < -0.3 is 4.74 Å². The average Bonchev–Trinajstić information content (AvgIpc) is 2.14. The first kappa shape index (κ1) is 13.4. The second kappa shape index (κ2) is 7.80. The van der Waals surface area contributed by atoms with Crippen molar-refractivity contribution >= 4 is 5.97 Å². The lowest BCUT2D eigenvalue weighted by atomic mass is 10.1. The third-order valence-electron chi connectivity index (χ3n) is 2.23. The summed E-state index contributed by atoms with van der Waals surface area (Å²) in [5.74, 6) is -0.0784. The smallest absolute Gasteiger partial charge is 0.323 e. The summed E-state index contributed by atoms with van der Waals surface area (Å²) in [4.78, 5) is 13.7. The van der Waals surface area contributed by atoms with E-state index in [1.165, 1.54) is 0 Å². The van der Waals surface area contributed by atoms with Gasteiger partial charge in [0, 0.05) is 0 Å². The zero-order valence-corrected chi connectivity index (χ0v) is 9.88. The SMILES string of the molecule is CCCC(C(=O)OCC)N(C)CCC. The molecule has 0 rings (SSSR count). The molecule has 1 atom stereocenters. The molecule has 1 unspecified atom stereocenters. The molecular weight excluding hydrogens is 178 g/mol. The van der Waals surface area contributed by atoms with Crippen LogP contribution in [0.5, 0.6) is 0 Å². The van der Waals surface area contributed by atoms with E-state index in [0.29, 0.717) is 6.61 Å². The Labute approximate surface area is 87.4 Å². The molecule has 0 heterocycles. The quantitative estimate of drug-likeness (QED) is 0.590. The molecule has 0 aliphatic carbocycles. The molecule has 0 aromatic rings. The van der Waals surface area contributed by atoms with Gasteiger partial charge in [-0.3, -0.25) is 9.69 Å². The number of nitrogens with zero attached hydrogens (tertiary/aromatic N) is 1. The third-order valence-corrected chi connectivity index (χ3v) is 2.23. The van der Waals surface area contributed by atoms with Gasteiger partial charge in [-0.25, -0.2) is 0 Å². The fraction of sp³-hybridized carbons (Fsp3) is 0.909. The van der Waals surface area contributed by atoms with E-state index in [4.69, 9.17) is 4.74 Å². The topological polar surface area (TPSA) is 29.5 Å². The second-order valence-corrected chi connectivity index (χ2v) is 3.54. The van der Waals surface area contributed by atoms with E-state index in [-0.39, 0.29) is 12.0 Å². The Morgan fingerprint density at radius 1 is 1.29 bits per heavy atom. The van der Waals surface area contributed by atoms with Gasteiger partial charge in [0.1, 0.15) is 6.04 Å². The van der Waals surface area contributed by atoms with Gasteiger partial charge in [-0.15, -0.1) is 0 Å². The maximum Gasteiger partial charge on any atom is 0.323 e. The molecule has 0 aliphatic heterocycles. The zero-order valence-electron chi connectivity index (χ0n) is 9.88. The number of hydrogen-bond acceptors (Lipinski definition) is 3. The second-order valence-electron chi connectivity index (χ2n) is 3.54. The molecule has 0 fully saturated rings. The van der Waals surface area contributed by atoms with E-state index >= 15 is 0 Å². The van der Waals surface area contributed by atoms with Crippen molar-refractivity contribution in [2.45, 2.75) is 46.1 Å². The highest BCUT2D eigenvalue weighted by atomic mass is 16.5. The van der Waals surface area contributed by atoms with E-state index in [1.807, 2.05) is 14.0 Å². The standard InChI is InChI=1S/C11H23NO2/c1-5-8-10(11(13)14-7-3)12(4)9-6-2/h10H,5-9H2,1-4H3. The molecule has 0 aliphatic rings. The van der Waals surface area contributed by atoms with Crippen LogP contribution < -0.4 is 0 Å². The summed E-state index contributed by atoms with van der Waals surface area (Å²) in [5.41, 5.74) is 0. The van der Waals surface area contributed by atoms with Gasteiger partial charge >= 0.3 is 5.97 Å². The predicted octanol–water partition coefficient (Wildman–Crippen LogP) is 2.06. The van der Waals surface area contributed by atoms with Gasteiger partial charge in [0.2, 0.25) is 0 Å². The Morgan fingerprint density at radius 3 is 2.36 bits per heavy atom. The van der Waals surface area contributed by atoms with Crippen LogP contribution in [0.25, 0.3) is 0 Å². The molecular formula is C11H23NO2. The molecule has 0 radical (unpaired) electrons. The molecule has 0 spiro atoms. The van der Waals surface area contributed by atoms with Gasteiger partial charge in [-0.2, -0.15) is 0 Å². The van der Waals surface area contributed by atoms with Crippen LogP contribution in [0.3, 0.4) is 0 Å². The minimum atomic E-state index is -0.0784. The minimum Gasteiger partial charge on any atom is -0.465 e. The minimum absolute atomic E-state index is 0.0556. The molecule has 0 amide bonds.